The number of nitrogens with zero attached hydrogens (tertiary/aromatic N) is 2. The zero-order valence-electron chi connectivity index (χ0n) is 11.4. The molecule has 0 spiro atoms. The summed E-state index contributed by atoms with van der Waals surface area (Å²) in [4.78, 5) is 4.00. The maximum atomic E-state index is 12.6. The van der Waals surface area contributed by atoms with Crippen molar-refractivity contribution in [1.82, 2.24) is 9.29 Å². The second-order valence-corrected chi connectivity index (χ2v) is 9.06. The van der Waals surface area contributed by atoms with Crippen molar-refractivity contribution in [3.05, 3.63) is 10.2 Å². The molecule has 7 heteroatoms. The molecule has 1 aliphatic carbocycles. The molecular formula is C12H19ClN2O2S2. The molecule has 2 rings (SSSR count). The van der Waals surface area contributed by atoms with Gasteiger partial charge >= 0.3 is 0 Å². The Morgan fingerprint density at radius 2 is 2.11 bits per heavy atom. The number of sulfonamides is 1. The van der Waals surface area contributed by atoms with Crippen molar-refractivity contribution in [2.75, 3.05) is 7.05 Å². The first-order valence-corrected chi connectivity index (χ1v) is 9.06. The van der Waals surface area contributed by atoms with Gasteiger partial charge in [0.2, 0.25) is 0 Å². The second kappa shape index (κ2) is 5.68. The van der Waals surface area contributed by atoms with Gasteiger partial charge in [-0.3, -0.25) is 0 Å². The van der Waals surface area contributed by atoms with Crippen LogP contribution in [-0.2, 0) is 10.0 Å². The van der Waals surface area contributed by atoms with Gasteiger partial charge in [-0.1, -0.05) is 42.7 Å². The highest BCUT2D eigenvalue weighted by Crippen LogP contribution is 2.33. The Hall–Kier alpha value is -0.170. The molecule has 1 aliphatic rings. The molecule has 4 nitrogen and oxygen atoms in total. The molecule has 1 fully saturated rings. The van der Waals surface area contributed by atoms with Gasteiger partial charge < -0.3 is 0 Å². The largest absolute Gasteiger partial charge is 0.254 e. The molecule has 0 saturated heterocycles. The van der Waals surface area contributed by atoms with Gasteiger partial charge in [-0.2, -0.15) is 4.31 Å². The second-order valence-electron chi connectivity index (χ2n) is 5.29. The summed E-state index contributed by atoms with van der Waals surface area (Å²) in [7, 11) is -1.80. The Bertz CT molecular complexity index is 556. The number of aromatic nitrogens is 1. The molecule has 0 bridgehead atoms. The number of aryl methyl sites for hydroxylation is 1. The molecule has 19 heavy (non-hydrogen) atoms. The van der Waals surface area contributed by atoms with Crippen LogP contribution in [0.1, 0.15) is 38.3 Å². The highest BCUT2D eigenvalue weighted by molar-refractivity contribution is 7.91. The number of hydrogen-bond acceptors (Lipinski definition) is 4. The van der Waals surface area contributed by atoms with Crippen LogP contribution < -0.4 is 0 Å². The van der Waals surface area contributed by atoms with Crippen molar-refractivity contribution in [2.24, 2.45) is 5.92 Å². The van der Waals surface area contributed by atoms with E-state index < -0.39 is 10.0 Å². The van der Waals surface area contributed by atoms with Gasteiger partial charge in [0.1, 0.15) is 0 Å². The van der Waals surface area contributed by atoms with Crippen LogP contribution in [0.4, 0.5) is 0 Å². The highest BCUT2D eigenvalue weighted by atomic mass is 35.5. The van der Waals surface area contributed by atoms with Crippen LogP contribution in [-0.4, -0.2) is 30.8 Å². The summed E-state index contributed by atoms with van der Waals surface area (Å²) in [6.07, 6.45) is 4.15. The van der Waals surface area contributed by atoms with E-state index in [1.54, 1.807) is 14.0 Å². The van der Waals surface area contributed by atoms with Crippen LogP contribution >= 0.6 is 22.9 Å². The third kappa shape index (κ3) is 3.12. The van der Waals surface area contributed by atoms with E-state index in [1.165, 1.54) is 10.7 Å². The lowest BCUT2D eigenvalue weighted by Crippen LogP contribution is -2.39. The maximum absolute atomic E-state index is 12.6. The summed E-state index contributed by atoms with van der Waals surface area (Å²) in [5, 5.41) is 0. The molecule has 2 atom stereocenters. The van der Waals surface area contributed by atoms with Crippen molar-refractivity contribution < 1.29 is 8.42 Å². The molecule has 0 aliphatic heterocycles. The minimum absolute atomic E-state index is 0.0917. The van der Waals surface area contributed by atoms with E-state index in [0.717, 1.165) is 30.6 Å². The first-order chi connectivity index (χ1) is 8.82. The molecule has 0 radical (unpaired) electrons. The van der Waals surface area contributed by atoms with Crippen LogP contribution in [0.3, 0.4) is 0 Å². The summed E-state index contributed by atoms with van der Waals surface area (Å²) in [6, 6.07) is 0.0917. The Balaban J connectivity index is 2.26. The number of hydrogen-bond donors (Lipinski definition) is 0. The molecule has 1 aromatic heterocycles. The number of thiazole rings is 1. The fourth-order valence-electron chi connectivity index (χ4n) is 2.65. The van der Waals surface area contributed by atoms with Gasteiger partial charge in [0.05, 0.1) is 5.69 Å². The van der Waals surface area contributed by atoms with Gasteiger partial charge in [0.15, 0.2) is 8.68 Å². The maximum Gasteiger partial charge on any atom is 0.254 e. The van der Waals surface area contributed by atoms with E-state index in [4.69, 9.17) is 11.6 Å². The smallest absolute Gasteiger partial charge is 0.229 e. The lowest BCUT2D eigenvalue weighted by atomic mass is 9.87. The molecular weight excluding hydrogens is 304 g/mol. The number of rotatable bonds is 3. The zero-order valence-corrected chi connectivity index (χ0v) is 13.8. The van der Waals surface area contributed by atoms with Crippen molar-refractivity contribution >= 4 is 33.0 Å². The highest BCUT2D eigenvalue weighted by Gasteiger charge is 2.33. The third-order valence-corrected chi connectivity index (χ3v) is 7.52. The van der Waals surface area contributed by atoms with E-state index in [1.807, 2.05) is 0 Å². The first-order valence-electron chi connectivity index (χ1n) is 6.43. The van der Waals surface area contributed by atoms with E-state index in [2.05, 4.69) is 11.9 Å². The topological polar surface area (TPSA) is 50.3 Å². The van der Waals surface area contributed by atoms with E-state index in [0.29, 0.717) is 11.6 Å². The molecule has 1 heterocycles. The average molecular weight is 323 g/mol. The molecule has 0 N–H and O–H groups in total. The Labute approximate surface area is 123 Å². The predicted molar refractivity (Wildman–Crippen MR) is 78.2 cm³/mol. The van der Waals surface area contributed by atoms with Crippen LogP contribution in [0.2, 0.25) is 4.47 Å². The third-order valence-electron chi connectivity index (χ3n) is 3.76. The normalized spacial score (nSPS) is 24.9. The quantitative estimate of drug-likeness (QED) is 0.858. The van der Waals surface area contributed by atoms with Crippen LogP contribution in [0, 0.1) is 12.8 Å². The minimum Gasteiger partial charge on any atom is -0.229 e. The van der Waals surface area contributed by atoms with Crippen LogP contribution in [0.25, 0.3) is 0 Å². The standard InChI is InChI=1S/C12H19ClN2O2S2/c1-8-5-4-6-10(7-8)15(3)19(16,17)11-9(2)14-12(13)18-11/h8,10H,4-7H2,1-3H3. The average Bonchev–Trinajstić information content (AvgIpc) is 2.68. The van der Waals surface area contributed by atoms with Crippen molar-refractivity contribution in [3.8, 4) is 0 Å². The lowest BCUT2D eigenvalue weighted by molar-refractivity contribution is 0.239. The molecule has 1 aromatic rings. The van der Waals surface area contributed by atoms with Crippen molar-refractivity contribution in [3.63, 3.8) is 0 Å². The van der Waals surface area contributed by atoms with E-state index in [-0.39, 0.29) is 14.7 Å². The molecule has 2 unspecified atom stereocenters. The van der Waals surface area contributed by atoms with Crippen LogP contribution in [0.15, 0.2) is 4.21 Å². The van der Waals surface area contributed by atoms with Crippen molar-refractivity contribution in [1.29, 1.82) is 0 Å². The SMILES string of the molecule is Cc1nc(Cl)sc1S(=O)(=O)N(C)C1CCCC(C)C1. The van der Waals surface area contributed by atoms with Gasteiger partial charge in [-0.05, 0) is 25.7 Å². The van der Waals surface area contributed by atoms with Crippen molar-refractivity contribution in [2.45, 2.75) is 49.8 Å². The molecule has 0 amide bonds. The zero-order chi connectivity index (χ0) is 14.2. The molecule has 1 saturated carbocycles. The Morgan fingerprint density at radius 1 is 1.42 bits per heavy atom. The molecule has 108 valence electrons. The molecule has 0 aromatic carbocycles. The fourth-order valence-corrected chi connectivity index (χ4v) is 5.95. The number of halogens is 1. The van der Waals surface area contributed by atoms with E-state index >= 15 is 0 Å². The minimum atomic E-state index is -3.47. The monoisotopic (exact) mass is 322 g/mol. The summed E-state index contributed by atoms with van der Waals surface area (Å²) in [5.74, 6) is 0.586. The summed E-state index contributed by atoms with van der Waals surface area (Å²) >= 11 is 6.85. The van der Waals surface area contributed by atoms with E-state index in [9.17, 15) is 8.42 Å². The summed E-state index contributed by atoms with van der Waals surface area (Å²) < 4.78 is 27.3. The van der Waals surface area contributed by atoms with Gasteiger partial charge in [0, 0.05) is 13.1 Å². The predicted octanol–water partition coefficient (Wildman–Crippen LogP) is 3.30. The lowest BCUT2D eigenvalue weighted by Gasteiger charge is -2.33. The summed E-state index contributed by atoms with van der Waals surface area (Å²) in [5.41, 5.74) is 0.491. The Morgan fingerprint density at radius 3 is 2.63 bits per heavy atom. The van der Waals surface area contributed by atoms with Gasteiger partial charge in [-0.15, -0.1) is 0 Å². The Kier molecular flexibility index (Phi) is 4.55. The fraction of sp³-hybridized carbons (Fsp3) is 0.750. The first kappa shape index (κ1) is 15.2. The van der Waals surface area contributed by atoms with Crippen LogP contribution in [0.5, 0.6) is 0 Å². The summed E-state index contributed by atoms with van der Waals surface area (Å²) in [6.45, 7) is 3.87. The van der Waals surface area contributed by atoms with Gasteiger partial charge in [0.25, 0.3) is 10.0 Å². The van der Waals surface area contributed by atoms with Gasteiger partial charge in [-0.25, -0.2) is 13.4 Å².